The van der Waals surface area contributed by atoms with Gasteiger partial charge in [-0.15, -0.1) is 0 Å². The third-order valence-electron chi connectivity index (χ3n) is 10.3. The number of esters is 1. The molecule has 158 valence electrons. The molecule has 0 saturated heterocycles. The number of rotatable bonds is 5. The van der Waals surface area contributed by atoms with Crippen LogP contribution in [0.5, 0.6) is 0 Å². The van der Waals surface area contributed by atoms with Gasteiger partial charge in [0.2, 0.25) is 0 Å². The summed E-state index contributed by atoms with van der Waals surface area (Å²) in [6.45, 7) is 12.3. The van der Waals surface area contributed by atoms with Crippen molar-refractivity contribution >= 4 is 14.0 Å². The fourth-order valence-electron chi connectivity index (χ4n) is 8.81. The van der Waals surface area contributed by atoms with Gasteiger partial charge in [-0.2, -0.15) is 0 Å². The molecule has 0 amide bonds. The van der Waals surface area contributed by atoms with Gasteiger partial charge in [-0.05, 0) is 98.7 Å². The Balaban J connectivity index is 1.28. The molecular weight excluding hydrogens is 360 g/mol. The van der Waals surface area contributed by atoms with E-state index in [9.17, 15) is 4.79 Å². The quantitative estimate of drug-likeness (QED) is 0.303. The maximum atomic E-state index is 13.5. The van der Waals surface area contributed by atoms with Gasteiger partial charge in [-0.3, -0.25) is 4.79 Å². The van der Waals surface area contributed by atoms with Crippen molar-refractivity contribution in [3.05, 3.63) is 0 Å². The summed E-state index contributed by atoms with van der Waals surface area (Å²) in [4.78, 5) is 13.5. The summed E-state index contributed by atoms with van der Waals surface area (Å²) >= 11 is 0. The molecule has 0 N–H and O–H groups in total. The summed E-state index contributed by atoms with van der Waals surface area (Å²) in [5, 5.41) is 0. The van der Waals surface area contributed by atoms with Crippen LogP contribution < -0.4 is 0 Å². The van der Waals surface area contributed by atoms with Crippen LogP contribution in [0.2, 0.25) is 25.7 Å². The highest BCUT2D eigenvalue weighted by atomic mass is 28.3. The van der Waals surface area contributed by atoms with Crippen molar-refractivity contribution in [2.45, 2.75) is 96.5 Å². The molecule has 5 aliphatic rings. The monoisotopic (exact) mass is 402 g/mol. The number of fused-ring (bicyclic) bond motifs is 9. The zero-order chi connectivity index (χ0) is 19.8. The first-order valence-electron chi connectivity index (χ1n) is 12.4. The Kier molecular flexibility index (Phi) is 4.62. The van der Waals surface area contributed by atoms with Crippen LogP contribution in [-0.2, 0) is 9.53 Å². The molecule has 5 rings (SSSR count). The normalized spacial score (nSPS) is 48.2. The first-order valence-corrected chi connectivity index (χ1v) is 16.1. The van der Waals surface area contributed by atoms with E-state index in [0.717, 1.165) is 67.1 Å². The molecule has 9 unspecified atom stereocenters. The van der Waals surface area contributed by atoms with Crippen molar-refractivity contribution in [3.8, 4) is 0 Å². The van der Waals surface area contributed by atoms with E-state index in [0.29, 0.717) is 5.92 Å². The highest BCUT2D eigenvalue weighted by molar-refractivity contribution is 6.76. The molecule has 0 aromatic rings. The number of carbonyl (C=O) groups excluding carboxylic acids is 1. The molecular formula is C25H42O2Si. The fourth-order valence-corrected chi connectivity index (χ4v) is 10.0. The maximum Gasteiger partial charge on any atom is 0.309 e. The molecule has 5 aliphatic carbocycles. The Morgan fingerprint density at radius 1 is 0.929 bits per heavy atom. The average molecular weight is 403 g/mol. The van der Waals surface area contributed by atoms with Crippen molar-refractivity contribution in [1.29, 1.82) is 0 Å². The minimum absolute atomic E-state index is 0.102. The van der Waals surface area contributed by atoms with Gasteiger partial charge < -0.3 is 4.74 Å². The largest absolute Gasteiger partial charge is 0.459 e. The molecule has 5 saturated carbocycles. The van der Waals surface area contributed by atoms with E-state index in [-0.39, 0.29) is 17.5 Å². The van der Waals surface area contributed by atoms with Gasteiger partial charge in [0.05, 0.1) is 5.92 Å². The molecule has 0 aromatic carbocycles. The van der Waals surface area contributed by atoms with Crippen molar-refractivity contribution in [2.75, 3.05) is 0 Å². The Morgan fingerprint density at radius 2 is 1.57 bits per heavy atom. The maximum absolute atomic E-state index is 13.5. The van der Waals surface area contributed by atoms with Gasteiger partial charge >= 0.3 is 5.97 Å². The lowest BCUT2D eigenvalue weighted by atomic mass is 9.62. The number of hydrogen-bond donors (Lipinski definition) is 0. The second kappa shape index (κ2) is 6.59. The van der Waals surface area contributed by atoms with Crippen LogP contribution in [0.1, 0.15) is 65.2 Å². The second-order valence-electron chi connectivity index (χ2n) is 12.8. The highest BCUT2D eigenvalue weighted by Crippen LogP contribution is 2.71. The summed E-state index contributed by atoms with van der Waals surface area (Å²) in [5.41, 5.74) is -0.102. The van der Waals surface area contributed by atoms with Crippen LogP contribution in [0, 0.1) is 53.3 Å². The second-order valence-corrected chi connectivity index (χ2v) is 18.4. The Labute approximate surface area is 173 Å². The topological polar surface area (TPSA) is 26.3 Å². The minimum Gasteiger partial charge on any atom is -0.459 e. The number of hydrogen-bond acceptors (Lipinski definition) is 2. The fraction of sp³-hybridized carbons (Fsp3) is 0.960. The lowest BCUT2D eigenvalue weighted by molar-refractivity contribution is -0.168. The first-order chi connectivity index (χ1) is 13.2. The van der Waals surface area contributed by atoms with Crippen molar-refractivity contribution < 1.29 is 9.53 Å². The summed E-state index contributed by atoms with van der Waals surface area (Å²) < 4.78 is 6.49. The molecule has 2 nitrogen and oxygen atoms in total. The number of carbonyl (C=O) groups is 1. The van der Waals surface area contributed by atoms with Gasteiger partial charge in [0.15, 0.2) is 0 Å². The van der Waals surface area contributed by atoms with Crippen LogP contribution in [0.4, 0.5) is 0 Å². The van der Waals surface area contributed by atoms with Gasteiger partial charge in [-0.1, -0.05) is 39.5 Å². The molecule has 0 radical (unpaired) electrons. The summed E-state index contributed by atoms with van der Waals surface area (Å²) in [5.74, 6) is 7.41. The highest BCUT2D eigenvalue weighted by Gasteiger charge is 2.67. The van der Waals surface area contributed by atoms with E-state index < -0.39 is 8.07 Å². The van der Waals surface area contributed by atoms with Crippen molar-refractivity contribution in [2.24, 2.45) is 53.3 Å². The summed E-state index contributed by atoms with van der Waals surface area (Å²) in [6, 6.07) is 1.29. The van der Waals surface area contributed by atoms with E-state index in [1.165, 1.54) is 31.7 Å². The molecule has 5 fully saturated rings. The molecule has 0 aromatic heterocycles. The molecule has 0 heterocycles. The lowest BCUT2D eigenvalue weighted by Crippen LogP contribution is -2.43. The molecule has 0 aliphatic heterocycles. The van der Waals surface area contributed by atoms with E-state index in [2.05, 4.69) is 33.5 Å². The van der Waals surface area contributed by atoms with E-state index in [4.69, 9.17) is 4.74 Å². The Hall–Kier alpha value is -0.313. The van der Waals surface area contributed by atoms with Gasteiger partial charge in [-0.25, -0.2) is 0 Å². The van der Waals surface area contributed by atoms with Crippen molar-refractivity contribution in [3.63, 3.8) is 0 Å². The third kappa shape index (κ3) is 2.96. The van der Waals surface area contributed by atoms with E-state index in [1.807, 2.05) is 0 Å². The Bertz CT molecular complexity index is 631. The van der Waals surface area contributed by atoms with Gasteiger partial charge in [0.1, 0.15) is 5.60 Å². The van der Waals surface area contributed by atoms with Crippen molar-refractivity contribution in [1.82, 2.24) is 0 Å². The Morgan fingerprint density at radius 3 is 2.21 bits per heavy atom. The molecule has 9 atom stereocenters. The van der Waals surface area contributed by atoms with E-state index >= 15 is 0 Å². The summed E-state index contributed by atoms with van der Waals surface area (Å²) in [6.07, 6.45) is 9.82. The van der Waals surface area contributed by atoms with Crippen LogP contribution in [-0.4, -0.2) is 19.6 Å². The molecule has 3 heteroatoms. The van der Waals surface area contributed by atoms with Crippen LogP contribution in [0.3, 0.4) is 0 Å². The molecule has 0 spiro atoms. The zero-order valence-corrected chi connectivity index (χ0v) is 19.9. The van der Waals surface area contributed by atoms with E-state index in [1.54, 1.807) is 0 Å². The zero-order valence-electron chi connectivity index (χ0n) is 18.9. The van der Waals surface area contributed by atoms with Crippen LogP contribution >= 0.6 is 0 Å². The smallest absolute Gasteiger partial charge is 0.309 e. The molecule has 4 bridgehead atoms. The standard InChI is InChI=1S/C25H42O2Si/c1-15-16(2)19-14-18(15)22-17-12-20(23(19)22)21(13-17)24(26)27-25(8-6-7-9-25)10-11-28(3,4)5/h15-23H,6-14H2,1-5H3. The SMILES string of the molecule is CC1C(C)C2CC1C1C3CC(C(=O)OC4(CC[Si](C)(C)C)CCCC4)C(C3)C21. The van der Waals surface area contributed by atoms with Gasteiger partial charge in [0, 0.05) is 8.07 Å². The van der Waals surface area contributed by atoms with Crippen LogP contribution in [0.25, 0.3) is 0 Å². The predicted molar refractivity (Wildman–Crippen MR) is 117 cm³/mol. The average Bonchev–Trinajstić information content (AvgIpc) is 3.39. The van der Waals surface area contributed by atoms with Crippen LogP contribution in [0.15, 0.2) is 0 Å². The number of ether oxygens (including phenoxy) is 1. The lowest BCUT2D eigenvalue weighted by Gasteiger charge is -2.43. The molecule has 28 heavy (non-hydrogen) atoms. The minimum atomic E-state index is -1.10. The summed E-state index contributed by atoms with van der Waals surface area (Å²) in [7, 11) is -1.10. The third-order valence-corrected chi connectivity index (χ3v) is 12.1. The predicted octanol–water partition coefficient (Wildman–Crippen LogP) is 6.38. The first kappa shape index (κ1) is 19.6. The van der Waals surface area contributed by atoms with Gasteiger partial charge in [0.25, 0.3) is 0 Å².